The molecule has 0 amide bonds. The summed E-state index contributed by atoms with van der Waals surface area (Å²) in [5.74, 6) is 1.36. The maximum absolute atomic E-state index is 9.94. The summed E-state index contributed by atoms with van der Waals surface area (Å²) in [5, 5.41) is 11.9. The second-order valence-electron chi connectivity index (χ2n) is 4.05. The van der Waals surface area contributed by atoms with E-state index in [1.807, 2.05) is 60.7 Å². The Hall–Kier alpha value is -2.48. The van der Waals surface area contributed by atoms with Crippen LogP contribution in [0.1, 0.15) is 0 Å². The molecule has 2 nitrogen and oxygen atoms in total. The van der Waals surface area contributed by atoms with Gasteiger partial charge >= 0.3 is 0 Å². The fraction of sp³-hybridized carbons (Fsp3) is 0. The van der Waals surface area contributed by atoms with E-state index in [4.69, 9.17) is 4.74 Å². The molecule has 0 fully saturated rings. The number of rotatable bonds is 2. The molecule has 0 saturated carbocycles. The number of para-hydroxylation sites is 1. The Kier molecular flexibility index (Phi) is 2.61. The third-order valence-electron chi connectivity index (χ3n) is 2.82. The molecule has 0 spiro atoms. The normalized spacial score (nSPS) is 10.4. The lowest BCUT2D eigenvalue weighted by Crippen LogP contribution is -1.86. The summed E-state index contributed by atoms with van der Waals surface area (Å²) in [4.78, 5) is 0. The van der Waals surface area contributed by atoms with Crippen LogP contribution in [-0.4, -0.2) is 5.11 Å². The molecule has 0 radical (unpaired) electrons. The second kappa shape index (κ2) is 4.41. The van der Waals surface area contributed by atoms with Gasteiger partial charge in [-0.2, -0.15) is 0 Å². The van der Waals surface area contributed by atoms with Gasteiger partial charge in [-0.25, -0.2) is 0 Å². The van der Waals surface area contributed by atoms with Gasteiger partial charge in [-0.05, 0) is 23.6 Å². The van der Waals surface area contributed by atoms with E-state index in [1.165, 1.54) is 0 Å². The van der Waals surface area contributed by atoms with Crippen LogP contribution >= 0.6 is 0 Å². The van der Waals surface area contributed by atoms with Crippen LogP contribution in [0.4, 0.5) is 0 Å². The minimum absolute atomic E-state index is 0.151. The van der Waals surface area contributed by atoms with Crippen LogP contribution in [0.15, 0.2) is 66.7 Å². The van der Waals surface area contributed by atoms with Crippen molar-refractivity contribution in [3.63, 3.8) is 0 Å². The van der Waals surface area contributed by atoms with Gasteiger partial charge in [0.1, 0.15) is 5.75 Å². The van der Waals surface area contributed by atoms with Gasteiger partial charge in [-0.3, -0.25) is 0 Å². The molecule has 3 rings (SSSR count). The number of aromatic hydroxyl groups is 1. The molecule has 18 heavy (non-hydrogen) atoms. The zero-order valence-corrected chi connectivity index (χ0v) is 9.71. The lowest BCUT2D eigenvalue weighted by molar-refractivity contribution is 0.415. The highest BCUT2D eigenvalue weighted by Gasteiger charge is 2.08. The Balaban J connectivity index is 2.13. The van der Waals surface area contributed by atoms with Crippen molar-refractivity contribution in [3.8, 4) is 17.2 Å². The first-order valence-corrected chi connectivity index (χ1v) is 5.78. The Morgan fingerprint density at radius 3 is 2.28 bits per heavy atom. The van der Waals surface area contributed by atoms with E-state index >= 15 is 0 Å². The number of fused-ring (bicyclic) bond motifs is 1. The Labute approximate surface area is 105 Å². The molecule has 0 aliphatic carbocycles. The van der Waals surface area contributed by atoms with Crippen LogP contribution in [0, 0.1) is 0 Å². The van der Waals surface area contributed by atoms with Gasteiger partial charge < -0.3 is 9.84 Å². The number of phenols is 1. The van der Waals surface area contributed by atoms with Crippen molar-refractivity contribution in [3.05, 3.63) is 66.7 Å². The highest BCUT2D eigenvalue weighted by molar-refractivity contribution is 5.90. The van der Waals surface area contributed by atoms with Crippen LogP contribution in [0.3, 0.4) is 0 Å². The van der Waals surface area contributed by atoms with Crippen molar-refractivity contribution in [1.29, 1.82) is 0 Å². The molecule has 2 heteroatoms. The number of ether oxygens (including phenoxy) is 1. The monoisotopic (exact) mass is 236 g/mol. The Morgan fingerprint density at radius 2 is 1.44 bits per heavy atom. The van der Waals surface area contributed by atoms with E-state index < -0.39 is 0 Å². The zero-order valence-electron chi connectivity index (χ0n) is 9.71. The van der Waals surface area contributed by atoms with Crippen molar-refractivity contribution in [2.24, 2.45) is 0 Å². The highest BCUT2D eigenvalue weighted by Crippen LogP contribution is 2.37. The van der Waals surface area contributed by atoms with E-state index in [0.29, 0.717) is 11.5 Å². The minimum Gasteiger partial charge on any atom is -0.504 e. The van der Waals surface area contributed by atoms with Gasteiger partial charge in [-0.1, -0.05) is 48.5 Å². The topological polar surface area (TPSA) is 29.5 Å². The molecule has 0 bridgehead atoms. The van der Waals surface area contributed by atoms with E-state index in [9.17, 15) is 5.11 Å². The Morgan fingerprint density at radius 1 is 0.722 bits per heavy atom. The summed E-state index contributed by atoms with van der Waals surface area (Å²) in [7, 11) is 0. The van der Waals surface area contributed by atoms with Gasteiger partial charge in [-0.15, -0.1) is 0 Å². The van der Waals surface area contributed by atoms with Crippen molar-refractivity contribution >= 4 is 10.8 Å². The van der Waals surface area contributed by atoms with E-state index in [-0.39, 0.29) is 5.75 Å². The maximum atomic E-state index is 9.94. The Bertz CT molecular complexity index is 675. The number of hydrogen-bond acceptors (Lipinski definition) is 2. The van der Waals surface area contributed by atoms with Crippen molar-refractivity contribution in [1.82, 2.24) is 0 Å². The number of phenolic OH excluding ortho intramolecular Hbond substituents is 1. The van der Waals surface area contributed by atoms with Crippen LogP contribution in [0.25, 0.3) is 10.8 Å². The first kappa shape index (κ1) is 10.7. The number of hydrogen-bond donors (Lipinski definition) is 1. The van der Waals surface area contributed by atoms with Crippen LogP contribution < -0.4 is 4.74 Å². The predicted octanol–water partition coefficient (Wildman–Crippen LogP) is 4.34. The molecule has 0 atom stereocenters. The molecule has 0 heterocycles. The van der Waals surface area contributed by atoms with E-state index in [1.54, 1.807) is 6.07 Å². The summed E-state index contributed by atoms with van der Waals surface area (Å²) >= 11 is 0. The van der Waals surface area contributed by atoms with E-state index in [0.717, 1.165) is 10.8 Å². The summed E-state index contributed by atoms with van der Waals surface area (Å²) in [5.41, 5.74) is 0. The quantitative estimate of drug-likeness (QED) is 0.717. The first-order chi connectivity index (χ1) is 8.84. The van der Waals surface area contributed by atoms with Gasteiger partial charge in [0.05, 0.1) is 0 Å². The van der Waals surface area contributed by atoms with Gasteiger partial charge in [0.15, 0.2) is 11.5 Å². The largest absolute Gasteiger partial charge is 0.504 e. The summed E-state index contributed by atoms with van der Waals surface area (Å²) in [6.07, 6.45) is 0. The second-order valence-corrected chi connectivity index (χ2v) is 4.05. The van der Waals surface area contributed by atoms with Gasteiger partial charge in [0, 0.05) is 5.39 Å². The first-order valence-electron chi connectivity index (χ1n) is 5.78. The van der Waals surface area contributed by atoms with Crippen LogP contribution in [0.2, 0.25) is 0 Å². The molecular formula is C16H12O2. The maximum Gasteiger partial charge on any atom is 0.176 e. The molecule has 0 unspecified atom stereocenters. The van der Waals surface area contributed by atoms with Crippen molar-refractivity contribution < 1.29 is 9.84 Å². The van der Waals surface area contributed by atoms with Gasteiger partial charge in [0.25, 0.3) is 0 Å². The molecule has 0 saturated heterocycles. The fourth-order valence-electron chi connectivity index (χ4n) is 1.95. The number of benzene rings is 3. The van der Waals surface area contributed by atoms with Crippen LogP contribution in [0.5, 0.6) is 17.2 Å². The predicted molar refractivity (Wildman–Crippen MR) is 72.1 cm³/mol. The zero-order chi connectivity index (χ0) is 12.4. The third kappa shape index (κ3) is 1.89. The molecule has 3 aromatic rings. The lowest BCUT2D eigenvalue weighted by Gasteiger charge is -2.10. The summed E-state index contributed by atoms with van der Waals surface area (Å²) < 4.78 is 5.77. The highest BCUT2D eigenvalue weighted by atomic mass is 16.5. The van der Waals surface area contributed by atoms with Crippen molar-refractivity contribution in [2.75, 3.05) is 0 Å². The van der Waals surface area contributed by atoms with Crippen LogP contribution in [-0.2, 0) is 0 Å². The summed E-state index contributed by atoms with van der Waals surface area (Å²) in [6, 6.07) is 20.8. The molecule has 0 aliphatic rings. The average Bonchev–Trinajstić information content (AvgIpc) is 2.43. The fourth-order valence-corrected chi connectivity index (χ4v) is 1.95. The average molecular weight is 236 g/mol. The molecular weight excluding hydrogens is 224 g/mol. The molecule has 3 aromatic carbocycles. The van der Waals surface area contributed by atoms with E-state index in [2.05, 4.69) is 0 Å². The standard InChI is InChI=1S/C16H12O2/c17-15-11-10-12-6-4-5-9-14(12)16(15)18-13-7-2-1-3-8-13/h1-11,17H. The SMILES string of the molecule is Oc1ccc2ccccc2c1Oc1ccccc1. The third-order valence-corrected chi connectivity index (χ3v) is 2.82. The molecule has 88 valence electrons. The lowest BCUT2D eigenvalue weighted by atomic mass is 10.1. The smallest absolute Gasteiger partial charge is 0.176 e. The molecule has 1 N–H and O–H groups in total. The minimum atomic E-state index is 0.151. The van der Waals surface area contributed by atoms with Gasteiger partial charge in [0.2, 0.25) is 0 Å². The summed E-state index contributed by atoms with van der Waals surface area (Å²) in [6.45, 7) is 0. The molecule has 0 aromatic heterocycles. The van der Waals surface area contributed by atoms with Crippen molar-refractivity contribution in [2.45, 2.75) is 0 Å². The molecule has 0 aliphatic heterocycles.